The molecule has 98 valence electrons. The van der Waals surface area contributed by atoms with Crippen molar-refractivity contribution in [3.8, 4) is 0 Å². The van der Waals surface area contributed by atoms with Crippen LogP contribution in [0.4, 0.5) is 10.1 Å². The number of carbonyl (C=O) groups excluding carboxylic acids is 1. The summed E-state index contributed by atoms with van der Waals surface area (Å²) in [5, 5.41) is 0. The van der Waals surface area contributed by atoms with Crippen molar-refractivity contribution in [2.24, 2.45) is 0 Å². The van der Waals surface area contributed by atoms with Gasteiger partial charge in [-0.15, -0.1) is 0 Å². The van der Waals surface area contributed by atoms with Crippen molar-refractivity contribution in [2.75, 3.05) is 18.9 Å². The van der Waals surface area contributed by atoms with E-state index in [0.29, 0.717) is 24.5 Å². The zero-order chi connectivity index (χ0) is 13.1. The van der Waals surface area contributed by atoms with E-state index in [0.717, 1.165) is 12.8 Å². The third kappa shape index (κ3) is 2.79. The number of hydrogen-bond donors (Lipinski definition) is 1. The lowest BCUT2D eigenvalue weighted by molar-refractivity contribution is -0.0308. The SMILES string of the molecule is Cc1cc(N)cc(C(=O)OC2CCCOC2)c1F. The fraction of sp³-hybridized carbons (Fsp3) is 0.462. The van der Waals surface area contributed by atoms with Crippen LogP contribution in [0.1, 0.15) is 28.8 Å². The summed E-state index contributed by atoms with van der Waals surface area (Å²) < 4.78 is 24.2. The Morgan fingerprint density at radius 1 is 1.56 bits per heavy atom. The molecule has 0 spiro atoms. The fourth-order valence-electron chi connectivity index (χ4n) is 1.96. The number of halogens is 1. The lowest BCUT2D eigenvalue weighted by Gasteiger charge is -2.22. The third-order valence-electron chi connectivity index (χ3n) is 2.89. The molecular formula is C13H16FNO3. The summed E-state index contributed by atoms with van der Waals surface area (Å²) in [6, 6.07) is 2.78. The van der Waals surface area contributed by atoms with Gasteiger partial charge in [0, 0.05) is 12.3 Å². The highest BCUT2D eigenvalue weighted by Gasteiger charge is 2.22. The van der Waals surface area contributed by atoms with Crippen LogP contribution in [-0.4, -0.2) is 25.3 Å². The van der Waals surface area contributed by atoms with E-state index < -0.39 is 11.8 Å². The second kappa shape index (κ2) is 5.35. The van der Waals surface area contributed by atoms with Gasteiger partial charge in [0.1, 0.15) is 11.9 Å². The highest BCUT2D eigenvalue weighted by atomic mass is 19.1. The summed E-state index contributed by atoms with van der Waals surface area (Å²) in [5.74, 6) is -1.26. The second-order valence-corrected chi connectivity index (χ2v) is 4.44. The van der Waals surface area contributed by atoms with Crippen molar-refractivity contribution in [1.29, 1.82) is 0 Å². The first-order chi connectivity index (χ1) is 8.58. The predicted octanol–water partition coefficient (Wildman–Crippen LogP) is 2.05. The van der Waals surface area contributed by atoms with Gasteiger partial charge in [0.25, 0.3) is 0 Å². The average molecular weight is 253 g/mol. The molecule has 0 aromatic heterocycles. The molecule has 2 rings (SSSR count). The Morgan fingerprint density at radius 3 is 3.00 bits per heavy atom. The van der Waals surface area contributed by atoms with Crippen LogP contribution in [0.2, 0.25) is 0 Å². The van der Waals surface area contributed by atoms with Crippen LogP contribution in [-0.2, 0) is 9.47 Å². The Morgan fingerprint density at radius 2 is 2.33 bits per heavy atom. The van der Waals surface area contributed by atoms with Crippen LogP contribution in [0.5, 0.6) is 0 Å². The Hall–Kier alpha value is -1.62. The maximum atomic E-state index is 13.8. The van der Waals surface area contributed by atoms with Crippen molar-refractivity contribution in [1.82, 2.24) is 0 Å². The summed E-state index contributed by atoms with van der Waals surface area (Å²) >= 11 is 0. The van der Waals surface area contributed by atoms with Crippen molar-refractivity contribution < 1.29 is 18.7 Å². The van der Waals surface area contributed by atoms with Gasteiger partial charge in [-0.05, 0) is 37.5 Å². The molecule has 1 fully saturated rings. The highest BCUT2D eigenvalue weighted by molar-refractivity contribution is 5.91. The zero-order valence-corrected chi connectivity index (χ0v) is 10.2. The molecule has 1 aliphatic rings. The molecule has 5 heteroatoms. The normalized spacial score (nSPS) is 19.6. The standard InChI is InChI=1S/C13H16FNO3/c1-8-5-9(15)6-11(12(8)14)13(16)18-10-3-2-4-17-7-10/h5-6,10H,2-4,7,15H2,1H3. The second-order valence-electron chi connectivity index (χ2n) is 4.44. The minimum absolute atomic E-state index is 0.113. The van der Waals surface area contributed by atoms with Crippen molar-refractivity contribution >= 4 is 11.7 Å². The van der Waals surface area contributed by atoms with Gasteiger partial charge in [-0.1, -0.05) is 0 Å². The minimum Gasteiger partial charge on any atom is -0.456 e. The predicted molar refractivity (Wildman–Crippen MR) is 64.8 cm³/mol. The molecule has 2 N–H and O–H groups in total. The Bertz CT molecular complexity index is 456. The lowest BCUT2D eigenvalue weighted by Crippen LogP contribution is -2.28. The van der Waals surface area contributed by atoms with Gasteiger partial charge in [0.05, 0.1) is 12.2 Å². The van der Waals surface area contributed by atoms with E-state index in [2.05, 4.69) is 0 Å². The van der Waals surface area contributed by atoms with E-state index in [1.165, 1.54) is 12.1 Å². The van der Waals surface area contributed by atoms with E-state index in [9.17, 15) is 9.18 Å². The number of aryl methyl sites for hydroxylation is 1. The third-order valence-corrected chi connectivity index (χ3v) is 2.89. The van der Waals surface area contributed by atoms with E-state index in [-0.39, 0.29) is 11.7 Å². The average Bonchev–Trinajstić information content (AvgIpc) is 2.35. The van der Waals surface area contributed by atoms with Crippen molar-refractivity contribution in [3.63, 3.8) is 0 Å². The van der Waals surface area contributed by atoms with Gasteiger partial charge < -0.3 is 15.2 Å². The number of nitrogens with two attached hydrogens (primary N) is 1. The van der Waals surface area contributed by atoms with Gasteiger partial charge in [-0.2, -0.15) is 0 Å². The highest BCUT2D eigenvalue weighted by Crippen LogP contribution is 2.20. The number of anilines is 1. The molecule has 4 nitrogen and oxygen atoms in total. The molecule has 1 aromatic carbocycles. The molecule has 0 aliphatic carbocycles. The van der Waals surface area contributed by atoms with Crippen LogP contribution < -0.4 is 5.73 Å². The Balaban J connectivity index is 2.13. The number of ether oxygens (including phenoxy) is 2. The maximum absolute atomic E-state index is 13.8. The quantitative estimate of drug-likeness (QED) is 0.647. The first-order valence-corrected chi connectivity index (χ1v) is 5.92. The topological polar surface area (TPSA) is 61.6 Å². The molecule has 1 aliphatic heterocycles. The van der Waals surface area contributed by atoms with Crippen LogP contribution in [0.15, 0.2) is 12.1 Å². The molecule has 1 atom stereocenters. The van der Waals surface area contributed by atoms with E-state index in [4.69, 9.17) is 15.2 Å². The number of carbonyl (C=O) groups is 1. The summed E-state index contributed by atoms with van der Waals surface area (Å²) in [6.45, 7) is 2.61. The summed E-state index contributed by atoms with van der Waals surface area (Å²) in [6.07, 6.45) is 1.29. The summed E-state index contributed by atoms with van der Waals surface area (Å²) in [7, 11) is 0. The number of nitrogen functional groups attached to an aromatic ring is 1. The van der Waals surface area contributed by atoms with Crippen LogP contribution in [0.3, 0.4) is 0 Å². The maximum Gasteiger partial charge on any atom is 0.341 e. The summed E-state index contributed by atoms with van der Waals surface area (Å²) in [4.78, 5) is 11.9. The molecule has 0 amide bonds. The fourth-order valence-corrected chi connectivity index (χ4v) is 1.96. The van der Waals surface area contributed by atoms with Gasteiger partial charge >= 0.3 is 5.97 Å². The van der Waals surface area contributed by atoms with Gasteiger partial charge in [-0.25, -0.2) is 9.18 Å². The monoisotopic (exact) mass is 253 g/mol. The number of benzene rings is 1. The van der Waals surface area contributed by atoms with Gasteiger partial charge in [0.2, 0.25) is 0 Å². The molecule has 1 unspecified atom stereocenters. The van der Waals surface area contributed by atoms with E-state index in [1.54, 1.807) is 6.92 Å². The van der Waals surface area contributed by atoms with Crippen molar-refractivity contribution in [3.05, 3.63) is 29.1 Å². The largest absolute Gasteiger partial charge is 0.456 e. The van der Waals surface area contributed by atoms with Gasteiger partial charge in [0.15, 0.2) is 0 Å². The summed E-state index contributed by atoms with van der Waals surface area (Å²) in [5.41, 5.74) is 6.17. The molecule has 0 bridgehead atoms. The molecule has 18 heavy (non-hydrogen) atoms. The smallest absolute Gasteiger partial charge is 0.341 e. The molecule has 1 saturated heterocycles. The molecule has 0 radical (unpaired) electrons. The van der Waals surface area contributed by atoms with Crippen molar-refractivity contribution in [2.45, 2.75) is 25.9 Å². The van der Waals surface area contributed by atoms with E-state index in [1.807, 2.05) is 0 Å². The zero-order valence-electron chi connectivity index (χ0n) is 10.2. The first kappa shape index (κ1) is 12.8. The number of hydrogen-bond acceptors (Lipinski definition) is 4. The van der Waals surface area contributed by atoms with Crippen LogP contribution in [0.25, 0.3) is 0 Å². The molecule has 1 aromatic rings. The number of rotatable bonds is 2. The molecule has 1 heterocycles. The molecule has 0 saturated carbocycles. The molecular weight excluding hydrogens is 237 g/mol. The lowest BCUT2D eigenvalue weighted by atomic mass is 10.1. The van der Waals surface area contributed by atoms with Crippen LogP contribution >= 0.6 is 0 Å². The Kier molecular flexibility index (Phi) is 3.81. The number of esters is 1. The minimum atomic E-state index is -0.682. The van der Waals surface area contributed by atoms with Gasteiger partial charge in [-0.3, -0.25) is 0 Å². The Labute approximate surface area is 105 Å². The van der Waals surface area contributed by atoms with Crippen LogP contribution in [0, 0.1) is 12.7 Å². The van der Waals surface area contributed by atoms with E-state index >= 15 is 0 Å². The first-order valence-electron chi connectivity index (χ1n) is 5.92.